The Balaban J connectivity index is 1.19. The summed E-state index contributed by atoms with van der Waals surface area (Å²) in [5.74, 6) is 0.822. The third-order valence-corrected chi connectivity index (χ3v) is 5.21. The summed E-state index contributed by atoms with van der Waals surface area (Å²) in [6, 6.07) is 13.5. The van der Waals surface area contributed by atoms with Crippen LogP contribution in [0.15, 0.2) is 65.4 Å². The van der Waals surface area contributed by atoms with E-state index in [-0.39, 0.29) is 12.4 Å². The lowest BCUT2D eigenvalue weighted by Gasteiger charge is -2.08. The largest absolute Gasteiger partial charge is 0.573 e. The first-order valence-corrected chi connectivity index (χ1v) is 11.4. The predicted molar refractivity (Wildman–Crippen MR) is 127 cm³/mol. The molecule has 0 spiro atoms. The minimum absolute atomic E-state index is 0.248. The second-order valence-corrected chi connectivity index (χ2v) is 8.09. The van der Waals surface area contributed by atoms with Crippen LogP contribution in [-0.2, 0) is 26.5 Å². The van der Waals surface area contributed by atoms with Gasteiger partial charge in [0.15, 0.2) is 0 Å². The number of rotatable bonds is 11. The van der Waals surface area contributed by atoms with E-state index in [1.807, 2.05) is 19.2 Å². The van der Waals surface area contributed by atoms with Gasteiger partial charge in [0, 0.05) is 13.1 Å². The fourth-order valence-corrected chi connectivity index (χ4v) is 3.46. The van der Waals surface area contributed by atoms with E-state index in [1.165, 1.54) is 36.1 Å². The van der Waals surface area contributed by atoms with Gasteiger partial charge in [0.2, 0.25) is 5.89 Å². The third kappa shape index (κ3) is 8.00. The molecule has 0 saturated heterocycles. The molecule has 0 amide bonds. The Hall–Kier alpha value is -4.08. The van der Waals surface area contributed by atoms with Gasteiger partial charge in [-0.15, -0.1) is 13.2 Å². The lowest BCUT2D eigenvalue weighted by molar-refractivity contribution is -0.274. The summed E-state index contributed by atoms with van der Waals surface area (Å²) in [7, 11) is 1.82. The monoisotopic (exact) mass is 498 g/mol. The molecule has 7 nitrogen and oxygen atoms in total. The minimum atomic E-state index is -4.71. The summed E-state index contributed by atoms with van der Waals surface area (Å²) in [5, 5.41) is 8.37. The first-order chi connectivity index (χ1) is 17.3. The maximum absolute atomic E-state index is 12.2. The molecular weight excluding hydrogens is 473 g/mol. The Labute approximate surface area is 206 Å². The summed E-state index contributed by atoms with van der Waals surface area (Å²) >= 11 is 0. The molecule has 0 radical (unpaired) electrons. The van der Waals surface area contributed by atoms with Crippen LogP contribution in [0, 0.1) is 0 Å². The number of unbranched alkanes of at least 4 members (excludes halogenated alkanes) is 1. The number of aryl methyl sites for hydroxylation is 3. The van der Waals surface area contributed by atoms with Gasteiger partial charge < -0.3 is 13.9 Å². The van der Waals surface area contributed by atoms with Gasteiger partial charge in [0.1, 0.15) is 30.1 Å². The highest BCUT2D eigenvalue weighted by Gasteiger charge is 2.30. The zero-order chi connectivity index (χ0) is 25.4. The van der Waals surface area contributed by atoms with Gasteiger partial charge in [-0.05, 0) is 67.2 Å². The van der Waals surface area contributed by atoms with Gasteiger partial charge in [-0.3, -0.25) is 0 Å². The number of oxazole rings is 1. The standard InChI is InChI=1S/C26H25F3N4O3/c1-33-30-16-21(32-33)5-3-2-4-19-6-11-23(12-7-19)34-17-22-18-35-25(31-22)15-10-20-8-13-24(14-9-20)36-26(27,28)29/h6-16,18H,2-5,17H2,1H3. The summed E-state index contributed by atoms with van der Waals surface area (Å²) < 4.78 is 51.8. The van der Waals surface area contributed by atoms with Gasteiger partial charge in [0.05, 0.1) is 11.9 Å². The zero-order valence-corrected chi connectivity index (χ0v) is 19.6. The first kappa shape index (κ1) is 25.0. The van der Waals surface area contributed by atoms with Crippen LogP contribution in [0.4, 0.5) is 13.2 Å². The molecule has 2 heterocycles. The van der Waals surface area contributed by atoms with Gasteiger partial charge in [-0.2, -0.15) is 15.0 Å². The lowest BCUT2D eigenvalue weighted by atomic mass is 10.1. The van der Waals surface area contributed by atoms with Crippen LogP contribution < -0.4 is 9.47 Å². The summed E-state index contributed by atoms with van der Waals surface area (Å²) in [6.45, 7) is 0.248. The van der Waals surface area contributed by atoms with Crippen molar-refractivity contribution < 1.29 is 27.1 Å². The highest BCUT2D eigenvalue weighted by Crippen LogP contribution is 2.23. The maximum Gasteiger partial charge on any atom is 0.573 e. The summed E-state index contributed by atoms with van der Waals surface area (Å²) in [6.07, 6.45) is 5.93. The van der Waals surface area contributed by atoms with Crippen LogP contribution in [-0.4, -0.2) is 26.3 Å². The van der Waals surface area contributed by atoms with Crippen molar-refractivity contribution in [3.8, 4) is 11.5 Å². The van der Waals surface area contributed by atoms with E-state index in [9.17, 15) is 13.2 Å². The van der Waals surface area contributed by atoms with Crippen LogP contribution in [0.2, 0.25) is 0 Å². The second kappa shape index (κ2) is 11.6. The molecule has 0 atom stereocenters. The molecular formula is C26H25F3N4O3. The van der Waals surface area contributed by atoms with Crippen molar-refractivity contribution in [1.29, 1.82) is 0 Å². The molecule has 0 N–H and O–H groups in total. The number of hydrogen-bond donors (Lipinski definition) is 0. The molecule has 4 aromatic rings. The van der Waals surface area contributed by atoms with Crippen LogP contribution in [0.3, 0.4) is 0 Å². The maximum atomic E-state index is 12.2. The SMILES string of the molecule is Cn1ncc(CCCCc2ccc(OCc3coc(C=Cc4ccc(OC(F)(F)F)cc4)n3)cc2)n1. The summed E-state index contributed by atoms with van der Waals surface area (Å²) in [4.78, 5) is 5.91. The number of aromatic nitrogens is 4. The van der Waals surface area contributed by atoms with E-state index in [4.69, 9.17) is 9.15 Å². The molecule has 188 valence electrons. The minimum Gasteiger partial charge on any atom is -0.487 e. The average molecular weight is 499 g/mol. The molecule has 0 aliphatic heterocycles. The Kier molecular flexibility index (Phi) is 8.04. The first-order valence-electron chi connectivity index (χ1n) is 11.4. The highest BCUT2D eigenvalue weighted by atomic mass is 19.4. The fraction of sp³-hybridized carbons (Fsp3) is 0.269. The molecule has 0 aliphatic carbocycles. The number of nitrogens with zero attached hydrogens (tertiary/aromatic N) is 4. The van der Waals surface area contributed by atoms with E-state index in [0.717, 1.165) is 37.1 Å². The van der Waals surface area contributed by atoms with Crippen LogP contribution in [0.5, 0.6) is 11.5 Å². The normalized spacial score (nSPS) is 11.8. The van der Waals surface area contributed by atoms with Crippen molar-refractivity contribution in [3.63, 3.8) is 0 Å². The number of alkyl halides is 3. The topological polar surface area (TPSA) is 75.2 Å². The smallest absolute Gasteiger partial charge is 0.487 e. The Morgan fingerprint density at radius 2 is 1.64 bits per heavy atom. The van der Waals surface area contributed by atoms with Gasteiger partial charge in [0.25, 0.3) is 0 Å². The third-order valence-electron chi connectivity index (χ3n) is 5.21. The van der Waals surface area contributed by atoms with E-state index in [2.05, 4.69) is 32.1 Å². The molecule has 4 rings (SSSR count). The molecule has 0 saturated carbocycles. The number of ether oxygens (including phenoxy) is 2. The molecule has 0 unspecified atom stereocenters. The Bertz CT molecular complexity index is 1260. The molecule has 0 fully saturated rings. The van der Waals surface area contributed by atoms with Crippen molar-refractivity contribution in [2.45, 2.75) is 38.7 Å². The summed E-state index contributed by atoms with van der Waals surface area (Å²) in [5.41, 5.74) is 3.56. The molecule has 2 aromatic heterocycles. The van der Waals surface area contributed by atoms with Crippen molar-refractivity contribution in [2.24, 2.45) is 7.05 Å². The van der Waals surface area contributed by atoms with Crippen molar-refractivity contribution in [1.82, 2.24) is 20.0 Å². The van der Waals surface area contributed by atoms with Crippen molar-refractivity contribution >= 4 is 12.2 Å². The van der Waals surface area contributed by atoms with E-state index in [1.54, 1.807) is 23.1 Å². The van der Waals surface area contributed by atoms with Crippen LogP contribution >= 0.6 is 0 Å². The Morgan fingerprint density at radius 3 is 2.33 bits per heavy atom. The molecule has 36 heavy (non-hydrogen) atoms. The predicted octanol–water partition coefficient (Wildman–Crippen LogP) is 6.02. The zero-order valence-electron chi connectivity index (χ0n) is 19.6. The van der Waals surface area contributed by atoms with Crippen molar-refractivity contribution in [3.05, 3.63) is 89.4 Å². The van der Waals surface area contributed by atoms with Gasteiger partial charge in [-0.1, -0.05) is 24.3 Å². The lowest BCUT2D eigenvalue weighted by Crippen LogP contribution is -2.16. The number of benzene rings is 2. The molecule has 0 bridgehead atoms. The Morgan fingerprint density at radius 1 is 0.917 bits per heavy atom. The fourth-order valence-electron chi connectivity index (χ4n) is 3.46. The highest BCUT2D eigenvalue weighted by molar-refractivity contribution is 5.66. The van der Waals surface area contributed by atoms with E-state index < -0.39 is 6.36 Å². The molecule has 0 aliphatic rings. The number of halogens is 3. The second-order valence-electron chi connectivity index (χ2n) is 8.09. The van der Waals surface area contributed by atoms with E-state index in [0.29, 0.717) is 17.1 Å². The molecule has 2 aromatic carbocycles. The van der Waals surface area contributed by atoms with Crippen molar-refractivity contribution in [2.75, 3.05) is 0 Å². The van der Waals surface area contributed by atoms with Crippen LogP contribution in [0.25, 0.3) is 12.2 Å². The van der Waals surface area contributed by atoms with Crippen LogP contribution in [0.1, 0.15) is 41.2 Å². The quantitative estimate of drug-likeness (QED) is 0.236. The van der Waals surface area contributed by atoms with Gasteiger partial charge in [-0.25, -0.2) is 4.98 Å². The molecule has 10 heteroatoms. The average Bonchev–Trinajstić information content (AvgIpc) is 3.48. The number of hydrogen-bond acceptors (Lipinski definition) is 6. The van der Waals surface area contributed by atoms with E-state index >= 15 is 0 Å². The van der Waals surface area contributed by atoms with Gasteiger partial charge >= 0.3 is 6.36 Å².